The number of carbonyl (C=O) groups excluding carboxylic acids is 1. The highest BCUT2D eigenvalue weighted by atomic mass is 32.2. The van der Waals surface area contributed by atoms with E-state index in [0.717, 1.165) is 10.6 Å². The number of benzene rings is 3. The molecule has 0 bridgehead atoms. The topological polar surface area (TPSA) is 38.3 Å². The Hall–Kier alpha value is -2.98. The lowest BCUT2D eigenvalue weighted by Crippen LogP contribution is -2.08. The van der Waals surface area contributed by atoms with Crippen molar-refractivity contribution in [1.82, 2.24) is 0 Å². The molecule has 0 aliphatic carbocycles. The second kappa shape index (κ2) is 8.76. The third-order valence-electron chi connectivity index (χ3n) is 3.27. The summed E-state index contributed by atoms with van der Waals surface area (Å²) in [4.78, 5) is 14.2. The first kappa shape index (κ1) is 16.9. The molecule has 3 aromatic rings. The molecule has 0 unspecified atom stereocenters. The van der Waals surface area contributed by atoms with Gasteiger partial charge in [0.25, 0.3) is 5.91 Å². The third kappa shape index (κ3) is 5.55. The predicted octanol–water partition coefficient (Wildman–Crippen LogP) is 5.37. The van der Waals surface area contributed by atoms with E-state index in [9.17, 15) is 4.79 Å². The van der Waals surface area contributed by atoms with Gasteiger partial charge in [-0.15, -0.1) is 0 Å². The van der Waals surface area contributed by atoms with E-state index in [1.165, 1.54) is 17.2 Å². The van der Waals surface area contributed by atoms with E-state index in [2.05, 4.69) is 17.4 Å². The van der Waals surface area contributed by atoms with Crippen LogP contribution in [-0.2, 0) is 4.79 Å². The summed E-state index contributed by atoms with van der Waals surface area (Å²) in [5.41, 5.74) is 0.742. The molecule has 3 nitrogen and oxygen atoms in total. The highest BCUT2D eigenvalue weighted by molar-refractivity contribution is 7.99. The lowest BCUT2D eigenvalue weighted by atomic mass is 10.3. The number of hydrogen-bond acceptors (Lipinski definition) is 3. The molecule has 0 aliphatic rings. The summed E-state index contributed by atoms with van der Waals surface area (Å²) in [7, 11) is 0. The smallest absolute Gasteiger partial charge is 0.251 e. The van der Waals surface area contributed by atoms with Crippen molar-refractivity contribution in [2.45, 2.75) is 9.79 Å². The first-order valence-electron chi connectivity index (χ1n) is 7.82. The minimum Gasteiger partial charge on any atom is -0.465 e. The van der Waals surface area contributed by atoms with Gasteiger partial charge in [0.05, 0.1) is 6.26 Å². The maximum atomic E-state index is 11.9. The van der Waals surface area contributed by atoms with Crippen LogP contribution in [0.25, 0.3) is 0 Å². The Morgan fingerprint density at radius 3 is 2.08 bits per heavy atom. The van der Waals surface area contributed by atoms with Gasteiger partial charge in [-0.2, -0.15) is 0 Å². The lowest BCUT2D eigenvalue weighted by Gasteiger charge is -2.05. The average Bonchev–Trinajstić information content (AvgIpc) is 2.65. The molecule has 0 saturated heterocycles. The zero-order valence-electron chi connectivity index (χ0n) is 13.5. The van der Waals surface area contributed by atoms with Gasteiger partial charge < -0.3 is 10.1 Å². The van der Waals surface area contributed by atoms with Gasteiger partial charge in [-0.05, 0) is 48.5 Å². The molecule has 1 N–H and O–H groups in total. The molecule has 0 atom stereocenters. The Kier molecular flexibility index (Phi) is 5.91. The Morgan fingerprint density at radius 2 is 1.40 bits per heavy atom. The van der Waals surface area contributed by atoms with E-state index in [0.29, 0.717) is 5.75 Å². The number of nitrogens with one attached hydrogen (secondary N) is 1. The first-order valence-corrected chi connectivity index (χ1v) is 8.63. The van der Waals surface area contributed by atoms with Crippen LogP contribution in [0.4, 0.5) is 5.69 Å². The van der Waals surface area contributed by atoms with Crippen LogP contribution in [0, 0.1) is 0 Å². The van der Waals surface area contributed by atoms with Crippen molar-refractivity contribution in [1.29, 1.82) is 0 Å². The molecule has 1 amide bonds. The number of rotatable bonds is 6. The van der Waals surface area contributed by atoms with Gasteiger partial charge in [0.15, 0.2) is 0 Å². The first-order chi connectivity index (χ1) is 12.3. The Bertz CT molecular complexity index is 831. The number of anilines is 1. The molecular weight excluding hydrogens is 330 g/mol. The molecule has 0 aliphatic heterocycles. The van der Waals surface area contributed by atoms with Crippen molar-refractivity contribution in [3.05, 3.63) is 97.3 Å². The van der Waals surface area contributed by atoms with E-state index in [-0.39, 0.29) is 5.91 Å². The summed E-state index contributed by atoms with van der Waals surface area (Å²) in [6.07, 6.45) is 2.74. The van der Waals surface area contributed by atoms with Gasteiger partial charge in [0.2, 0.25) is 0 Å². The Labute approximate surface area is 151 Å². The quantitative estimate of drug-likeness (QED) is 0.481. The van der Waals surface area contributed by atoms with Gasteiger partial charge in [-0.3, -0.25) is 4.79 Å². The molecule has 124 valence electrons. The summed E-state index contributed by atoms with van der Waals surface area (Å²) in [5.74, 6) is 0.452. The lowest BCUT2D eigenvalue weighted by molar-refractivity contribution is -0.112. The molecule has 0 radical (unpaired) electrons. The van der Waals surface area contributed by atoms with Crippen molar-refractivity contribution < 1.29 is 9.53 Å². The van der Waals surface area contributed by atoms with Gasteiger partial charge in [-0.25, -0.2) is 0 Å². The molecule has 0 heterocycles. The zero-order chi connectivity index (χ0) is 17.3. The molecular formula is C21H17NO2S. The molecule has 4 heteroatoms. The van der Waals surface area contributed by atoms with Gasteiger partial charge in [0, 0.05) is 21.6 Å². The molecule has 3 aromatic carbocycles. The van der Waals surface area contributed by atoms with Crippen LogP contribution in [0.1, 0.15) is 0 Å². The van der Waals surface area contributed by atoms with Crippen LogP contribution < -0.4 is 10.1 Å². The van der Waals surface area contributed by atoms with Crippen molar-refractivity contribution in [3.8, 4) is 5.75 Å². The molecule has 0 aromatic heterocycles. The standard InChI is InChI=1S/C21H17NO2S/c23-21(15-16-24-18-7-3-1-4-8-18)22-17-11-13-20(14-12-17)25-19-9-5-2-6-10-19/h1-16H,(H,22,23). The monoisotopic (exact) mass is 347 g/mol. The number of carbonyl (C=O) groups is 1. The SMILES string of the molecule is O=C(C=COc1ccccc1)Nc1ccc(Sc2ccccc2)cc1. The van der Waals surface area contributed by atoms with Crippen LogP contribution in [0.5, 0.6) is 5.75 Å². The molecule has 3 rings (SSSR count). The largest absolute Gasteiger partial charge is 0.465 e. The summed E-state index contributed by atoms with van der Waals surface area (Å²) in [5, 5.41) is 2.80. The predicted molar refractivity (Wildman–Crippen MR) is 102 cm³/mol. The number of para-hydroxylation sites is 1. The normalized spacial score (nSPS) is 10.6. The fourth-order valence-corrected chi connectivity index (χ4v) is 2.93. The van der Waals surface area contributed by atoms with Gasteiger partial charge >= 0.3 is 0 Å². The average molecular weight is 347 g/mol. The zero-order valence-corrected chi connectivity index (χ0v) is 14.3. The molecule has 0 spiro atoms. The third-order valence-corrected chi connectivity index (χ3v) is 4.28. The minimum atomic E-state index is -0.237. The van der Waals surface area contributed by atoms with Crippen LogP contribution >= 0.6 is 11.8 Å². The maximum Gasteiger partial charge on any atom is 0.251 e. The van der Waals surface area contributed by atoms with Crippen LogP contribution in [0.15, 0.2) is 107 Å². The number of ether oxygens (including phenoxy) is 1. The maximum absolute atomic E-state index is 11.9. The van der Waals surface area contributed by atoms with E-state index in [1.54, 1.807) is 11.8 Å². The Balaban J connectivity index is 1.51. The summed E-state index contributed by atoms with van der Waals surface area (Å²) in [6.45, 7) is 0. The van der Waals surface area contributed by atoms with Gasteiger partial charge in [0.1, 0.15) is 5.75 Å². The van der Waals surface area contributed by atoms with E-state index < -0.39 is 0 Å². The molecule has 0 fully saturated rings. The van der Waals surface area contributed by atoms with Crippen molar-refractivity contribution in [3.63, 3.8) is 0 Å². The van der Waals surface area contributed by atoms with Crippen molar-refractivity contribution in [2.24, 2.45) is 0 Å². The summed E-state index contributed by atoms with van der Waals surface area (Å²) >= 11 is 1.68. The summed E-state index contributed by atoms with van der Waals surface area (Å²) < 4.78 is 5.36. The summed E-state index contributed by atoms with van der Waals surface area (Å²) in [6, 6.07) is 27.2. The molecule has 25 heavy (non-hydrogen) atoms. The van der Waals surface area contributed by atoms with E-state index in [4.69, 9.17) is 4.74 Å². The fraction of sp³-hybridized carbons (Fsp3) is 0. The van der Waals surface area contributed by atoms with Crippen LogP contribution in [0.2, 0.25) is 0 Å². The fourth-order valence-electron chi connectivity index (χ4n) is 2.09. The molecule has 0 saturated carbocycles. The number of hydrogen-bond donors (Lipinski definition) is 1. The highest BCUT2D eigenvalue weighted by Gasteiger charge is 2.00. The minimum absolute atomic E-state index is 0.237. The van der Waals surface area contributed by atoms with E-state index in [1.807, 2.05) is 72.8 Å². The second-order valence-corrected chi connectivity index (χ2v) is 6.31. The van der Waals surface area contributed by atoms with E-state index >= 15 is 0 Å². The number of amides is 1. The van der Waals surface area contributed by atoms with Crippen molar-refractivity contribution >= 4 is 23.4 Å². The highest BCUT2D eigenvalue weighted by Crippen LogP contribution is 2.28. The van der Waals surface area contributed by atoms with Crippen LogP contribution in [0.3, 0.4) is 0 Å². The Morgan fingerprint density at radius 1 is 0.800 bits per heavy atom. The second-order valence-electron chi connectivity index (χ2n) is 5.16. The van der Waals surface area contributed by atoms with Crippen LogP contribution in [-0.4, -0.2) is 5.91 Å². The van der Waals surface area contributed by atoms with Gasteiger partial charge in [-0.1, -0.05) is 48.2 Å². The van der Waals surface area contributed by atoms with Crippen molar-refractivity contribution in [2.75, 3.05) is 5.32 Å².